The zero-order valence-corrected chi connectivity index (χ0v) is 7.48. The second-order valence-electron chi connectivity index (χ2n) is 2.71. The number of nitrogens with zero attached hydrogens (tertiary/aromatic N) is 1. The molecule has 0 aliphatic heterocycles. The number of rotatable bonds is 4. The number of aliphatic hydroxyl groups is 1. The Kier molecular flexibility index (Phi) is 3.99. The molecule has 1 aromatic rings. The lowest BCUT2D eigenvalue weighted by molar-refractivity contribution is 0.291. The van der Waals surface area contributed by atoms with Crippen molar-refractivity contribution in [1.29, 1.82) is 0 Å². The third kappa shape index (κ3) is 3.25. The van der Waals surface area contributed by atoms with Crippen LogP contribution in [0.5, 0.6) is 0 Å². The van der Waals surface area contributed by atoms with E-state index in [1.54, 1.807) is 0 Å². The van der Waals surface area contributed by atoms with Crippen molar-refractivity contribution >= 4 is 5.84 Å². The van der Waals surface area contributed by atoms with Crippen LogP contribution in [0.1, 0.15) is 12.0 Å². The van der Waals surface area contributed by atoms with E-state index in [9.17, 15) is 0 Å². The molecule has 0 aliphatic carbocycles. The van der Waals surface area contributed by atoms with Gasteiger partial charge in [0.1, 0.15) is 5.84 Å². The van der Waals surface area contributed by atoms with Gasteiger partial charge in [-0.3, -0.25) is 4.99 Å². The fourth-order valence-corrected chi connectivity index (χ4v) is 0.970. The first-order valence-corrected chi connectivity index (χ1v) is 4.31. The van der Waals surface area contributed by atoms with Gasteiger partial charge in [-0.15, -0.1) is 0 Å². The van der Waals surface area contributed by atoms with E-state index in [1.807, 2.05) is 30.3 Å². The molecule has 0 amide bonds. The van der Waals surface area contributed by atoms with E-state index in [-0.39, 0.29) is 6.61 Å². The molecule has 1 rings (SSSR count). The van der Waals surface area contributed by atoms with Gasteiger partial charge in [0.05, 0.1) is 0 Å². The Labute approximate surface area is 77.9 Å². The second kappa shape index (κ2) is 5.32. The van der Waals surface area contributed by atoms with Crippen LogP contribution < -0.4 is 5.73 Å². The normalized spacial score (nSPS) is 11.6. The fraction of sp³-hybridized carbons (Fsp3) is 0.300. The minimum absolute atomic E-state index is 0.158. The summed E-state index contributed by atoms with van der Waals surface area (Å²) >= 11 is 0. The van der Waals surface area contributed by atoms with Crippen molar-refractivity contribution in [1.82, 2.24) is 0 Å². The number of aliphatic hydroxyl groups excluding tert-OH is 1. The lowest BCUT2D eigenvalue weighted by Crippen LogP contribution is -2.13. The molecule has 70 valence electrons. The average Bonchev–Trinajstić information content (AvgIpc) is 2.19. The summed E-state index contributed by atoms with van der Waals surface area (Å²) in [7, 11) is 0. The average molecular weight is 178 g/mol. The Hall–Kier alpha value is -1.35. The molecule has 3 heteroatoms. The summed E-state index contributed by atoms with van der Waals surface area (Å²) in [6.07, 6.45) is 0.660. The van der Waals surface area contributed by atoms with Crippen LogP contribution in [-0.4, -0.2) is 24.1 Å². The Morgan fingerprint density at radius 2 is 2.00 bits per heavy atom. The molecule has 13 heavy (non-hydrogen) atoms. The molecule has 0 spiro atoms. The maximum atomic E-state index is 8.54. The van der Waals surface area contributed by atoms with Crippen molar-refractivity contribution in [2.45, 2.75) is 6.42 Å². The monoisotopic (exact) mass is 178 g/mol. The molecule has 0 atom stereocenters. The number of benzene rings is 1. The van der Waals surface area contributed by atoms with Gasteiger partial charge in [0, 0.05) is 18.7 Å². The molecule has 0 fully saturated rings. The zero-order chi connectivity index (χ0) is 9.52. The Balaban J connectivity index is 2.57. The smallest absolute Gasteiger partial charge is 0.125 e. The van der Waals surface area contributed by atoms with Crippen molar-refractivity contribution in [3.8, 4) is 0 Å². The molecule has 0 heterocycles. The quantitative estimate of drug-likeness (QED) is 0.406. The molecule has 0 saturated heterocycles. The fourth-order valence-electron chi connectivity index (χ4n) is 0.970. The highest BCUT2D eigenvalue weighted by molar-refractivity contribution is 5.97. The highest BCUT2D eigenvalue weighted by Crippen LogP contribution is 1.97. The van der Waals surface area contributed by atoms with Crippen LogP contribution in [0.4, 0.5) is 0 Å². The molecule has 0 bridgehead atoms. The summed E-state index contributed by atoms with van der Waals surface area (Å²) in [6.45, 7) is 0.739. The summed E-state index contributed by atoms with van der Waals surface area (Å²) in [5.74, 6) is 0.536. The minimum Gasteiger partial charge on any atom is -0.396 e. The standard InChI is InChI=1S/C10H14N2O/c11-10(12-7-4-8-13)9-5-2-1-3-6-9/h1-3,5-6,13H,4,7-8H2,(H2,11,12). The zero-order valence-electron chi connectivity index (χ0n) is 7.48. The van der Waals surface area contributed by atoms with Gasteiger partial charge in [0.25, 0.3) is 0 Å². The number of nitrogens with two attached hydrogens (primary N) is 1. The largest absolute Gasteiger partial charge is 0.396 e. The predicted octanol–water partition coefficient (Wildman–Crippen LogP) is 0.774. The Morgan fingerprint density at radius 3 is 2.62 bits per heavy atom. The summed E-state index contributed by atoms with van der Waals surface area (Å²) in [5.41, 5.74) is 6.64. The molecule has 0 unspecified atom stereocenters. The first-order valence-electron chi connectivity index (χ1n) is 4.31. The summed E-state index contributed by atoms with van der Waals surface area (Å²) in [6, 6.07) is 9.60. The number of amidine groups is 1. The molecule has 3 N–H and O–H groups in total. The predicted molar refractivity (Wildman–Crippen MR) is 53.7 cm³/mol. The number of hydrogen-bond acceptors (Lipinski definition) is 2. The SMILES string of the molecule is NC(=NCCCO)c1ccccc1. The van der Waals surface area contributed by atoms with Gasteiger partial charge in [-0.1, -0.05) is 30.3 Å². The van der Waals surface area contributed by atoms with Gasteiger partial charge in [-0.05, 0) is 6.42 Å². The minimum atomic E-state index is 0.158. The molecule has 0 saturated carbocycles. The van der Waals surface area contributed by atoms with Crippen LogP contribution in [0, 0.1) is 0 Å². The van der Waals surface area contributed by atoms with E-state index in [0.29, 0.717) is 18.8 Å². The maximum Gasteiger partial charge on any atom is 0.125 e. The molecule has 0 aliphatic rings. The van der Waals surface area contributed by atoms with Gasteiger partial charge >= 0.3 is 0 Å². The summed E-state index contributed by atoms with van der Waals surface area (Å²) in [5, 5.41) is 8.54. The highest BCUT2D eigenvalue weighted by atomic mass is 16.3. The van der Waals surface area contributed by atoms with Crippen LogP contribution >= 0.6 is 0 Å². The van der Waals surface area contributed by atoms with Crippen molar-refractivity contribution in [2.24, 2.45) is 10.7 Å². The van der Waals surface area contributed by atoms with Gasteiger partial charge in [0.2, 0.25) is 0 Å². The van der Waals surface area contributed by atoms with Crippen molar-refractivity contribution in [3.05, 3.63) is 35.9 Å². The van der Waals surface area contributed by atoms with E-state index in [2.05, 4.69) is 4.99 Å². The van der Waals surface area contributed by atoms with E-state index < -0.39 is 0 Å². The molecular weight excluding hydrogens is 164 g/mol. The number of aliphatic imine (C=N–C) groups is 1. The van der Waals surface area contributed by atoms with Crippen LogP contribution in [-0.2, 0) is 0 Å². The maximum absolute atomic E-state index is 8.54. The van der Waals surface area contributed by atoms with Crippen LogP contribution in [0.2, 0.25) is 0 Å². The van der Waals surface area contributed by atoms with E-state index in [1.165, 1.54) is 0 Å². The first kappa shape index (κ1) is 9.74. The third-order valence-corrected chi connectivity index (χ3v) is 1.67. The topological polar surface area (TPSA) is 58.6 Å². The van der Waals surface area contributed by atoms with Gasteiger partial charge in [0.15, 0.2) is 0 Å². The molecule has 1 aromatic carbocycles. The highest BCUT2D eigenvalue weighted by Gasteiger charge is 1.94. The third-order valence-electron chi connectivity index (χ3n) is 1.67. The van der Waals surface area contributed by atoms with Crippen molar-refractivity contribution in [2.75, 3.05) is 13.2 Å². The van der Waals surface area contributed by atoms with E-state index in [4.69, 9.17) is 10.8 Å². The number of hydrogen-bond donors (Lipinski definition) is 2. The van der Waals surface area contributed by atoms with Crippen molar-refractivity contribution in [3.63, 3.8) is 0 Å². The van der Waals surface area contributed by atoms with Gasteiger partial charge < -0.3 is 10.8 Å². The van der Waals surface area contributed by atoms with Crippen LogP contribution in [0.3, 0.4) is 0 Å². The van der Waals surface area contributed by atoms with Crippen molar-refractivity contribution < 1.29 is 5.11 Å². The van der Waals surface area contributed by atoms with E-state index in [0.717, 1.165) is 5.56 Å². The molecular formula is C10H14N2O. The Bertz CT molecular complexity index is 270. The lowest BCUT2D eigenvalue weighted by Gasteiger charge is -1.99. The van der Waals surface area contributed by atoms with Crippen LogP contribution in [0.25, 0.3) is 0 Å². The molecule has 0 radical (unpaired) electrons. The van der Waals surface area contributed by atoms with Gasteiger partial charge in [-0.2, -0.15) is 0 Å². The molecule has 0 aromatic heterocycles. The Morgan fingerprint density at radius 1 is 1.31 bits per heavy atom. The lowest BCUT2D eigenvalue weighted by atomic mass is 10.2. The molecule has 3 nitrogen and oxygen atoms in total. The van der Waals surface area contributed by atoms with Crippen LogP contribution in [0.15, 0.2) is 35.3 Å². The first-order chi connectivity index (χ1) is 6.34. The summed E-state index contributed by atoms with van der Waals surface area (Å²) < 4.78 is 0. The van der Waals surface area contributed by atoms with E-state index >= 15 is 0 Å². The second-order valence-corrected chi connectivity index (χ2v) is 2.71. The van der Waals surface area contributed by atoms with Gasteiger partial charge in [-0.25, -0.2) is 0 Å². The summed E-state index contributed by atoms with van der Waals surface area (Å²) in [4.78, 5) is 4.12.